The first-order valence-electron chi connectivity index (χ1n) is 9.07. The van der Waals surface area contributed by atoms with Gasteiger partial charge in [0.2, 0.25) is 5.91 Å². The molecule has 1 fully saturated rings. The van der Waals surface area contributed by atoms with E-state index in [1.807, 2.05) is 31.2 Å². The van der Waals surface area contributed by atoms with E-state index in [2.05, 4.69) is 5.32 Å². The fourth-order valence-electron chi connectivity index (χ4n) is 3.04. The maximum Gasteiger partial charge on any atom is 0.311 e. The van der Waals surface area contributed by atoms with Gasteiger partial charge in [0.15, 0.2) is 6.61 Å². The summed E-state index contributed by atoms with van der Waals surface area (Å²) in [6, 6.07) is 12.7. The molecule has 0 unspecified atom stereocenters. The van der Waals surface area contributed by atoms with Crippen LogP contribution in [0.15, 0.2) is 42.5 Å². The Kier molecular flexibility index (Phi) is 6.77. The number of anilines is 1. The number of carbonyl (C=O) groups excluding carboxylic acids is 3. The molecule has 2 aromatic rings. The number of aryl methyl sites for hydroxylation is 1. The van der Waals surface area contributed by atoms with Crippen molar-refractivity contribution in [3.05, 3.63) is 63.6 Å². The summed E-state index contributed by atoms with van der Waals surface area (Å²) in [7, 11) is 0. The van der Waals surface area contributed by atoms with Crippen LogP contribution in [0.25, 0.3) is 0 Å². The lowest BCUT2D eigenvalue weighted by Gasteiger charge is -2.16. The first-order valence-corrected chi connectivity index (χ1v) is 9.83. The van der Waals surface area contributed by atoms with Crippen LogP contribution in [0, 0.1) is 12.8 Å². The van der Waals surface area contributed by atoms with E-state index in [-0.39, 0.29) is 23.9 Å². The van der Waals surface area contributed by atoms with Crippen molar-refractivity contribution in [2.24, 2.45) is 5.92 Å². The molecule has 0 aromatic heterocycles. The minimum Gasteiger partial charge on any atom is -0.455 e. The van der Waals surface area contributed by atoms with Crippen LogP contribution in [0.1, 0.15) is 17.5 Å². The lowest BCUT2D eigenvalue weighted by Crippen LogP contribution is -2.28. The number of carbonyl (C=O) groups is 3. The number of rotatable bonds is 6. The number of halogens is 2. The summed E-state index contributed by atoms with van der Waals surface area (Å²) in [4.78, 5) is 38.2. The topological polar surface area (TPSA) is 75.7 Å². The molecule has 0 saturated carbocycles. The Morgan fingerprint density at radius 2 is 1.90 bits per heavy atom. The van der Waals surface area contributed by atoms with E-state index in [9.17, 15) is 14.4 Å². The monoisotopic (exact) mass is 434 g/mol. The number of nitrogens with zero attached hydrogens (tertiary/aromatic N) is 1. The first-order chi connectivity index (χ1) is 13.8. The van der Waals surface area contributed by atoms with Gasteiger partial charge < -0.3 is 15.0 Å². The van der Waals surface area contributed by atoms with Crippen LogP contribution in [0.2, 0.25) is 10.0 Å². The second-order valence-corrected chi connectivity index (χ2v) is 7.70. The normalized spacial score (nSPS) is 16.0. The Morgan fingerprint density at radius 3 is 2.62 bits per heavy atom. The van der Waals surface area contributed by atoms with Crippen molar-refractivity contribution in [1.29, 1.82) is 0 Å². The number of ether oxygens (including phenoxy) is 1. The minimum atomic E-state index is -0.587. The highest BCUT2D eigenvalue weighted by Gasteiger charge is 2.35. The highest BCUT2D eigenvalue weighted by atomic mass is 35.5. The molecule has 6 nitrogen and oxygen atoms in total. The molecule has 2 aromatic carbocycles. The fourth-order valence-corrected chi connectivity index (χ4v) is 3.39. The standard InChI is InChI=1S/C21H20Cl2N2O4/c1-13-5-7-14(8-6-13)10-25-11-15(9-19(25)27)21(28)29-12-18(26)24-17-4-2-3-16(22)20(17)23/h2-8,15H,9-12H2,1H3,(H,24,26)/t15-/m1/s1. The van der Waals surface area contributed by atoms with Gasteiger partial charge in [-0.1, -0.05) is 59.1 Å². The average Bonchev–Trinajstić information content (AvgIpc) is 3.06. The van der Waals surface area contributed by atoms with Gasteiger partial charge in [-0.15, -0.1) is 0 Å². The molecule has 1 aliphatic rings. The maximum absolute atomic E-state index is 12.3. The molecule has 0 bridgehead atoms. The predicted molar refractivity (Wildman–Crippen MR) is 111 cm³/mol. The number of likely N-dealkylation sites (tertiary alicyclic amines) is 1. The van der Waals surface area contributed by atoms with Crippen molar-refractivity contribution in [1.82, 2.24) is 4.90 Å². The average molecular weight is 435 g/mol. The van der Waals surface area contributed by atoms with E-state index in [0.29, 0.717) is 17.3 Å². The van der Waals surface area contributed by atoms with Gasteiger partial charge in [-0.25, -0.2) is 0 Å². The molecule has 8 heteroatoms. The van der Waals surface area contributed by atoms with Crippen molar-refractivity contribution in [2.45, 2.75) is 19.9 Å². The van der Waals surface area contributed by atoms with Gasteiger partial charge in [-0.05, 0) is 24.6 Å². The number of esters is 1. The zero-order chi connectivity index (χ0) is 21.0. The van der Waals surface area contributed by atoms with Crippen LogP contribution < -0.4 is 5.32 Å². The fraction of sp³-hybridized carbons (Fsp3) is 0.286. The van der Waals surface area contributed by atoms with Gasteiger partial charge in [0.25, 0.3) is 5.91 Å². The Hall–Kier alpha value is -2.57. The third kappa shape index (κ3) is 5.49. The lowest BCUT2D eigenvalue weighted by molar-refractivity contribution is -0.151. The number of nitrogens with one attached hydrogen (secondary N) is 1. The van der Waals surface area contributed by atoms with E-state index < -0.39 is 24.4 Å². The van der Waals surface area contributed by atoms with E-state index in [0.717, 1.165) is 11.1 Å². The number of hydrogen-bond acceptors (Lipinski definition) is 4. The Morgan fingerprint density at radius 1 is 1.17 bits per heavy atom. The third-order valence-corrected chi connectivity index (χ3v) is 5.43. The van der Waals surface area contributed by atoms with E-state index in [1.54, 1.807) is 23.1 Å². The minimum absolute atomic E-state index is 0.0758. The molecule has 0 radical (unpaired) electrons. The molecule has 152 valence electrons. The second-order valence-electron chi connectivity index (χ2n) is 6.92. The summed E-state index contributed by atoms with van der Waals surface area (Å²) in [5.74, 6) is -1.81. The van der Waals surface area contributed by atoms with E-state index in [1.165, 1.54) is 0 Å². The van der Waals surface area contributed by atoms with Crippen LogP contribution in [-0.2, 0) is 25.7 Å². The zero-order valence-corrected chi connectivity index (χ0v) is 17.3. The summed E-state index contributed by atoms with van der Waals surface area (Å²) >= 11 is 11.9. The molecule has 0 spiro atoms. The smallest absolute Gasteiger partial charge is 0.311 e. The molecular formula is C21H20Cl2N2O4. The SMILES string of the molecule is Cc1ccc(CN2C[C@H](C(=O)OCC(=O)Nc3cccc(Cl)c3Cl)CC2=O)cc1. The molecule has 1 atom stereocenters. The van der Waals surface area contributed by atoms with Crippen LogP contribution in [0.5, 0.6) is 0 Å². The largest absolute Gasteiger partial charge is 0.455 e. The molecule has 1 N–H and O–H groups in total. The molecule has 29 heavy (non-hydrogen) atoms. The van der Waals surface area contributed by atoms with E-state index in [4.69, 9.17) is 27.9 Å². The number of benzene rings is 2. The Bertz CT molecular complexity index is 931. The first kappa shape index (κ1) is 21.1. The molecule has 2 amide bonds. The van der Waals surface area contributed by atoms with Gasteiger partial charge in [0.05, 0.1) is 21.7 Å². The van der Waals surface area contributed by atoms with Gasteiger partial charge in [0, 0.05) is 19.5 Å². The summed E-state index contributed by atoms with van der Waals surface area (Å²) in [5, 5.41) is 3.06. The molecule has 1 saturated heterocycles. The highest BCUT2D eigenvalue weighted by molar-refractivity contribution is 6.44. The highest BCUT2D eigenvalue weighted by Crippen LogP contribution is 2.29. The Balaban J connectivity index is 1.49. The third-order valence-electron chi connectivity index (χ3n) is 4.61. The molecule has 1 aliphatic heterocycles. The lowest BCUT2D eigenvalue weighted by atomic mass is 10.1. The number of hydrogen-bond donors (Lipinski definition) is 1. The maximum atomic E-state index is 12.3. The van der Waals surface area contributed by atoms with Gasteiger partial charge in [-0.3, -0.25) is 14.4 Å². The predicted octanol–water partition coefficient (Wildman–Crippen LogP) is 3.83. The zero-order valence-electron chi connectivity index (χ0n) is 15.8. The Labute approximate surface area is 178 Å². The summed E-state index contributed by atoms with van der Waals surface area (Å²) in [6.07, 6.45) is 0.0758. The number of amides is 2. The van der Waals surface area contributed by atoms with Crippen molar-refractivity contribution in [3.8, 4) is 0 Å². The van der Waals surface area contributed by atoms with Crippen molar-refractivity contribution < 1.29 is 19.1 Å². The van der Waals surface area contributed by atoms with Gasteiger partial charge >= 0.3 is 5.97 Å². The molecule has 3 rings (SSSR count). The van der Waals surface area contributed by atoms with Crippen LogP contribution in [0.3, 0.4) is 0 Å². The van der Waals surface area contributed by atoms with Crippen molar-refractivity contribution in [3.63, 3.8) is 0 Å². The van der Waals surface area contributed by atoms with Crippen LogP contribution in [-0.4, -0.2) is 35.8 Å². The van der Waals surface area contributed by atoms with E-state index >= 15 is 0 Å². The van der Waals surface area contributed by atoms with Crippen LogP contribution in [0.4, 0.5) is 5.69 Å². The summed E-state index contributed by atoms with van der Waals surface area (Å²) in [5.41, 5.74) is 2.47. The van der Waals surface area contributed by atoms with Crippen molar-refractivity contribution >= 4 is 46.7 Å². The van der Waals surface area contributed by atoms with Gasteiger partial charge in [0.1, 0.15) is 0 Å². The quantitative estimate of drug-likeness (QED) is 0.700. The molecular weight excluding hydrogens is 415 g/mol. The van der Waals surface area contributed by atoms with Crippen LogP contribution >= 0.6 is 23.2 Å². The second kappa shape index (κ2) is 9.29. The van der Waals surface area contributed by atoms with Crippen molar-refractivity contribution in [2.75, 3.05) is 18.5 Å². The summed E-state index contributed by atoms with van der Waals surface area (Å²) < 4.78 is 5.09. The molecule has 1 heterocycles. The van der Waals surface area contributed by atoms with Gasteiger partial charge in [-0.2, -0.15) is 0 Å². The molecule has 0 aliphatic carbocycles. The summed E-state index contributed by atoms with van der Waals surface area (Å²) in [6.45, 7) is 2.24.